The van der Waals surface area contributed by atoms with Gasteiger partial charge in [0, 0.05) is 19.6 Å². The van der Waals surface area contributed by atoms with Gasteiger partial charge in [0.1, 0.15) is 11.2 Å². The monoisotopic (exact) mass is 570 g/mol. The molecule has 3 aromatic carbocycles. The first-order valence-electron chi connectivity index (χ1n) is 13.7. The lowest BCUT2D eigenvalue weighted by Gasteiger charge is -2.31. The number of ether oxygens (including phenoxy) is 1. The molecular weight excluding hydrogens is 536 g/mol. The fourth-order valence-corrected chi connectivity index (χ4v) is 4.55. The number of primary amides is 1. The number of imide groups is 1. The Hall–Kier alpha value is -4.99. The van der Waals surface area contributed by atoms with E-state index in [0.29, 0.717) is 17.7 Å². The second kappa shape index (κ2) is 13.6. The maximum Gasteiger partial charge on any atom is 0.327 e. The van der Waals surface area contributed by atoms with Crippen LogP contribution >= 0.6 is 0 Å². The van der Waals surface area contributed by atoms with E-state index in [1.165, 1.54) is 0 Å². The summed E-state index contributed by atoms with van der Waals surface area (Å²) in [5.41, 5.74) is 6.47. The highest BCUT2D eigenvalue weighted by molar-refractivity contribution is 6.37. The Balaban J connectivity index is 1.56. The van der Waals surface area contributed by atoms with Crippen molar-refractivity contribution in [2.24, 2.45) is 11.1 Å². The minimum atomic E-state index is -1.45. The lowest BCUT2D eigenvalue weighted by Crippen LogP contribution is -2.53. The molecule has 0 atom stereocenters. The summed E-state index contributed by atoms with van der Waals surface area (Å²) in [5.74, 6) is -2.52. The number of benzene rings is 3. The number of carbonyl (C=O) groups excluding carboxylic acids is 5. The van der Waals surface area contributed by atoms with Crippen LogP contribution in [0.1, 0.15) is 29.5 Å². The minimum Gasteiger partial charge on any atom is -0.497 e. The summed E-state index contributed by atoms with van der Waals surface area (Å²) in [7, 11) is 1.55. The maximum absolute atomic E-state index is 14.0. The van der Waals surface area contributed by atoms with Crippen molar-refractivity contribution in [1.82, 2.24) is 15.1 Å². The summed E-state index contributed by atoms with van der Waals surface area (Å²) in [5, 5.41) is 2.59. The van der Waals surface area contributed by atoms with Gasteiger partial charge in [-0.3, -0.25) is 24.1 Å². The zero-order valence-electron chi connectivity index (χ0n) is 23.5. The molecule has 0 aromatic heterocycles. The summed E-state index contributed by atoms with van der Waals surface area (Å²) < 4.78 is 5.20. The van der Waals surface area contributed by atoms with Crippen LogP contribution in [0.3, 0.4) is 0 Å². The van der Waals surface area contributed by atoms with Gasteiger partial charge in [-0.2, -0.15) is 0 Å². The number of Topliss-reactive ketones (excluding diaryl/α,β-unsaturated/α-hetero) is 1. The largest absolute Gasteiger partial charge is 0.497 e. The van der Waals surface area contributed by atoms with Crippen LogP contribution in [0.2, 0.25) is 0 Å². The number of rotatable bonds is 13. The third-order valence-electron chi connectivity index (χ3n) is 7.26. The SMILES string of the molecule is COc1ccc(CCN(C(=O)N(CC(=O)C(=O)NCc2ccccc2)Cc2ccccc2)C(=O)C2(C(N)=O)CC2)cc1. The summed E-state index contributed by atoms with van der Waals surface area (Å²) in [6.45, 7) is -0.512. The quantitative estimate of drug-likeness (QED) is 0.239. The van der Waals surface area contributed by atoms with Crippen LogP contribution in [-0.4, -0.2) is 59.5 Å². The fraction of sp³-hybridized carbons (Fsp3) is 0.281. The number of urea groups is 1. The van der Waals surface area contributed by atoms with E-state index in [1.807, 2.05) is 48.5 Å². The van der Waals surface area contributed by atoms with Crippen molar-refractivity contribution < 1.29 is 28.7 Å². The Kier molecular flexibility index (Phi) is 9.69. The molecule has 1 fully saturated rings. The van der Waals surface area contributed by atoms with Crippen molar-refractivity contribution in [3.05, 3.63) is 102 Å². The first kappa shape index (κ1) is 30.0. The summed E-state index contributed by atoms with van der Waals surface area (Å²) >= 11 is 0. The van der Waals surface area contributed by atoms with Crippen molar-refractivity contribution in [2.75, 3.05) is 20.2 Å². The van der Waals surface area contributed by atoms with Crippen molar-refractivity contribution in [2.45, 2.75) is 32.4 Å². The number of carbonyl (C=O) groups is 5. The van der Waals surface area contributed by atoms with Gasteiger partial charge in [0.05, 0.1) is 13.7 Å². The number of nitrogens with two attached hydrogens (primary N) is 1. The fourth-order valence-electron chi connectivity index (χ4n) is 4.55. The van der Waals surface area contributed by atoms with E-state index in [0.717, 1.165) is 20.9 Å². The molecule has 0 unspecified atom stereocenters. The first-order valence-corrected chi connectivity index (χ1v) is 13.7. The number of nitrogens with zero attached hydrogens (tertiary/aromatic N) is 2. The van der Waals surface area contributed by atoms with E-state index in [1.54, 1.807) is 43.5 Å². The number of hydrogen-bond donors (Lipinski definition) is 2. The van der Waals surface area contributed by atoms with Crippen LogP contribution in [0.25, 0.3) is 0 Å². The van der Waals surface area contributed by atoms with Crippen molar-refractivity contribution in [3.8, 4) is 5.75 Å². The van der Waals surface area contributed by atoms with Crippen LogP contribution in [0.4, 0.5) is 4.79 Å². The van der Waals surface area contributed by atoms with E-state index >= 15 is 0 Å². The van der Waals surface area contributed by atoms with Crippen LogP contribution in [0, 0.1) is 5.41 Å². The van der Waals surface area contributed by atoms with Gasteiger partial charge in [0.2, 0.25) is 17.6 Å². The second-order valence-electron chi connectivity index (χ2n) is 10.2. The van der Waals surface area contributed by atoms with Gasteiger partial charge in [-0.15, -0.1) is 0 Å². The number of amides is 5. The Labute approximate surface area is 244 Å². The van der Waals surface area contributed by atoms with Crippen molar-refractivity contribution in [3.63, 3.8) is 0 Å². The second-order valence-corrected chi connectivity index (χ2v) is 10.2. The molecule has 10 nitrogen and oxygen atoms in total. The van der Waals surface area contributed by atoms with E-state index in [4.69, 9.17) is 10.5 Å². The molecule has 1 aliphatic rings. The van der Waals surface area contributed by atoms with Crippen LogP contribution in [-0.2, 0) is 38.7 Å². The van der Waals surface area contributed by atoms with E-state index in [2.05, 4.69) is 5.32 Å². The molecule has 0 aliphatic heterocycles. The van der Waals surface area contributed by atoms with Gasteiger partial charge < -0.3 is 20.7 Å². The predicted octanol–water partition coefficient (Wildman–Crippen LogP) is 2.84. The Morgan fingerprint density at radius 1 is 0.833 bits per heavy atom. The molecule has 1 saturated carbocycles. The number of methoxy groups -OCH3 is 1. The van der Waals surface area contributed by atoms with Gasteiger partial charge in [0.15, 0.2) is 0 Å². The molecule has 0 bridgehead atoms. The van der Waals surface area contributed by atoms with Gasteiger partial charge in [0.25, 0.3) is 5.91 Å². The van der Waals surface area contributed by atoms with E-state index in [9.17, 15) is 24.0 Å². The third kappa shape index (κ3) is 7.39. The van der Waals surface area contributed by atoms with Crippen LogP contribution in [0.5, 0.6) is 5.75 Å². The Bertz CT molecular complexity index is 1420. The van der Waals surface area contributed by atoms with Crippen molar-refractivity contribution in [1.29, 1.82) is 0 Å². The molecule has 4 rings (SSSR count). The van der Waals surface area contributed by atoms with Gasteiger partial charge in [-0.1, -0.05) is 72.8 Å². The highest BCUT2D eigenvalue weighted by atomic mass is 16.5. The molecule has 42 heavy (non-hydrogen) atoms. The summed E-state index contributed by atoms with van der Waals surface area (Å²) in [4.78, 5) is 67.8. The smallest absolute Gasteiger partial charge is 0.327 e. The summed E-state index contributed by atoms with van der Waals surface area (Å²) in [6.07, 6.45) is 0.779. The average molecular weight is 571 g/mol. The molecule has 1 aliphatic carbocycles. The average Bonchev–Trinajstić information content (AvgIpc) is 3.83. The molecule has 0 spiro atoms. The molecule has 218 valence electrons. The summed E-state index contributed by atoms with van der Waals surface area (Å²) in [6, 6.07) is 24.4. The highest BCUT2D eigenvalue weighted by Gasteiger charge is 2.58. The normalized spacial score (nSPS) is 13.0. The molecule has 3 N–H and O–H groups in total. The van der Waals surface area contributed by atoms with Gasteiger partial charge in [-0.25, -0.2) is 4.79 Å². The Morgan fingerprint density at radius 2 is 1.43 bits per heavy atom. The first-order chi connectivity index (χ1) is 20.2. The number of ketones is 1. The molecule has 0 heterocycles. The van der Waals surface area contributed by atoms with Gasteiger partial charge in [-0.05, 0) is 48.1 Å². The third-order valence-corrected chi connectivity index (χ3v) is 7.26. The highest BCUT2D eigenvalue weighted by Crippen LogP contribution is 2.47. The topological polar surface area (TPSA) is 139 Å². The molecule has 10 heteroatoms. The van der Waals surface area contributed by atoms with Crippen LogP contribution < -0.4 is 15.8 Å². The molecule has 0 saturated heterocycles. The van der Waals surface area contributed by atoms with E-state index < -0.39 is 41.5 Å². The number of nitrogens with one attached hydrogen (secondary N) is 1. The maximum atomic E-state index is 14.0. The molecule has 0 radical (unpaired) electrons. The zero-order valence-corrected chi connectivity index (χ0v) is 23.5. The van der Waals surface area contributed by atoms with Crippen LogP contribution in [0.15, 0.2) is 84.9 Å². The molecule has 5 amide bonds. The molecule has 3 aromatic rings. The van der Waals surface area contributed by atoms with E-state index in [-0.39, 0.29) is 32.5 Å². The van der Waals surface area contributed by atoms with Gasteiger partial charge >= 0.3 is 6.03 Å². The standard InChI is InChI=1S/C32H34N4O6/c1-42-26-14-12-23(13-15-26)16-19-36(30(40)32(17-18-32)29(33)39)31(41)35(21-25-10-6-3-7-11-25)22-27(37)28(38)34-20-24-8-4-2-5-9-24/h2-15H,16-22H2,1H3,(H2,33,39)(H,34,38). The predicted molar refractivity (Wildman–Crippen MR) is 155 cm³/mol. The zero-order chi connectivity index (χ0) is 30.1. The Morgan fingerprint density at radius 3 is 1.98 bits per heavy atom. The lowest BCUT2D eigenvalue weighted by molar-refractivity contribution is -0.141. The van der Waals surface area contributed by atoms with Crippen molar-refractivity contribution >= 4 is 29.5 Å². The number of hydrogen-bond acceptors (Lipinski definition) is 6. The minimum absolute atomic E-state index is 0.0345. The molecular formula is C32H34N4O6. The lowest BCUT2D eigenvalue weighted by atomic mass is 10.0.